The first-order valence-corrected chi connectivity index (χ1v) is 6.19. The fourth-order valence-corrected chi connectivity index (χ4v) is 2.32. The first-order valence-electron chi connectivity index (χ1n) is 6.19. The Labute approximate surface area is 93.0 Å². The molecule has 0 radical (unpaired) electrons. The molecule has 0 spiro atoms. The molecule has 0 aliphatic heterocycles. The molecule has 0 nitrogen and oxygen atoms in total. The predicted octanol–water partition coefficient (Wildman–Crippen LogP) is 4.38. The summed E-state index contributed by atoms with van der Waals surface area (Å²) in [7, 11) is 0. The van der Waals surface area contributed by atoms with Crippen molar-refractivity contribution in [2.75, 3.05) is 0 Å². The largest absolute Gasteiger partial charge is 0.0836 e. The number of benzene rings is 1. The lowest BCUT2D eigenvalue weighted by molar-refractivity contribution is 0.716. The summed E-state index contributed by atoms with van der Waals surface area (Å²) in [6.45, 7) is 2.26. The van der Waals surface area contributed by atoms with Crippen LogP contribution in [0.5, 0.6) is 0 Å². The first kappa shape index (κ1) is 10.5. The smallest absolute Gasteiger partial charge is 0.0195 e. The van der Waals surface area contributed by atoms with Gasteiger partial charge in [0, 0.05) is 0 Å². The van der Waals surface area contributed by atoms with Gasteiger partial charge in [0.15, 0.2) is 0 Å². The van der Waals surface area contributed by atoms with Gasteiger partial charge in [0.1, 0.15) is 0 Å². The standard InChI is InChI=1S/C15H20/c1-2-3-4-8-13-10-7-11-14-9-5-6-12-15(13)14/h6-7,10-12H,2-5,8-9H2,1H3. The average Bonchev–Trinajstić information content (AvgIpc) is 2.30. The third-order valence-corrected chi connectivity index (χ3v) is 3.20. The highest BCUT2D eigenvalue weighted by molar-refractivity contribution is 5.60. The monoisotopic (exact) mass is 200 g/mol. The normalized spacial score (nSPS) is 13.9. The lowest BCUT2D eigenvalue weighted by Gasteiger charge is -2.14. The lowest BCUT2D eigenvalue weighted by Crippen LogP contribution is -1.99. The van der Waals surface area contributed by atoms with Gasteiger partial charge in [-0.25, -0.2) is 0 Å². The van der Waals surface area contributed by atoms with E-state index in [0.29, 0.717) is 0 Å². The Hall–Kier alpha value is -1.04. The van der Waals surface area contributed by atoms with Gasteiger partial charge >= 0.3 is 0 Å². The summed E-state index contributed by atoms with van der Waals surface area (Å²) in [5.41, 5.74) is 4.61. The molecular weight excluding hydrogens is 180 g/mol. The van der Waals surface area contributed by atoms with Crippen molar-refractivity contribution in [3.63, 3.8) is 0 Å². The Bertz CT molecular complexity index is 347. The van der Waals surface area contributed by atoms with E-state index in [1.807, 2.05) is 0 Å². The highest BCUT2D eigenvalue weighted by atomic mass is 14.1. The summed E-state index contributed by atoms with van der Waals surface area (Å²) in [5.74, 6) is 0. The maximum absolute atomic E-state index is 2.32. The van der Waals surface area contributed by atoms with Crippen molar-refractivity contribution in [3.8, 4) is 0 Å². The lowest BCUT2D eigenvalue weighted by atomic mass is 9.91. The second kappa shape index (κ2) is 5.16. The molecule has 0 unspecified atom stereocenters. The van der Waals surface area contributed by atoms with E-state index in [2.05, 4.69) is 37.3 Å². The van der Waals surface area contributed by atoms with E-state index in [0.717, 1.165) is 0 Å². The molecule has 0 aromatic heterocycles. The molecule has 2 rings (SSSR count). The summed E-state index contributed by atoms with van der Waals surface area (Å²) in [6, 6.07) is 6.80. The quantitative estimate of drug-likeness (QED) is 0.633. The fourth-order valence-electron chi connectivity index (χ4n) is 2.32. The summed E-state index contributed by atoms with van der Waals surface area (Å²) < 4.78 is 0. The minimum absolute atomic E-state index is 1.21. The van der Waals surface area contributed by atoms with E-state index in [-0.39, 0.29) is 0 Å². The minimum Gasteiger partial charge on any atom is -0.0836 e. The zero-order valence-electron chi connectivity index (χ0n) is 9.63. The van der Waals surface area contributed by atoms with Crippen LogP contribution in [0.2, 0.25) is 0 Å². The van der Waals surface area contributed by atoms with E-state index in [1.54, 1.807) is 11.1 Å². The predicted molar refractivity (Wildman–Crippen MR) is 67.0 cm³/mol. The van der Waals surface area contributed by atoms with Crippen molar-refractivity contribution in [2.24, 2.45) is 0 Å². The topological polar surface area (TPSA) is 0 Å². The number of aryl methyl sites for hydroxylation is 2. The van der Waals surface area contributed by atoms with Crippen LogP contribution in [0, 0.1) is 0 Å². The Morgan fingerprint density at radius 1 is 1.20 bits per heavy atom. The molecule has 0 saturated carbocycles. The second-order valence-corrected chi connectivity index (χ2v) is 4.39. The van der Waals surface area contributed by atoms with Crippen molar-refractivity contribution in [2.45, 2.75) is 45.4 Å². The Morgan fingerprint density at radius 3 is 3.00 bits per heavy atom. The van der Waals surface area contributed by atoms with Crippen molar-refractivity contribution in [3.05, 3.63) is 41.0 Å². The van der Waals surface area contributed by atoms with E-state index in [4.69, 9.17) is 0 Å². The van der Waals surface area contributed by atoms with Crippen LogP contribution in [0.15, 0.2) is 24.3 Å². The minimum atomic E-state index is 1.21. The molecule has 0 fully saturated rings. The van der Waals surface area contributed by atoms with Crippen LogP contribution in [0.25, 0.3) is 6.08 Å². The molecule has 1 aliphatic carbocycles. The number of rotatable bonds is 4. The molecule has 0 heteroatoms. The first-order chi connectivity index (χ1) is 7.42. The molecule has 0 saturated heterocycles. The maximum atomic E-state index is 2.32. The Balaban J connectivity index is 2.14. The summed E-state index contributed by atoms with van der Waals surface area (Å²) in [4.78, 5) is 0. The molecule has 1 aromatic rings. The molecule has 1 aromatic carbocycles. The number of fused-ring (bicyclic) bond motifs is 1. The van der Waals surface area contributed by atoms with Crippen LogP contribution < -0.4 is 0 Å². The van der Waals surface area contributed by atoms with Crippen LogP contribution in [-0.4, -0.2) is 0 Å². The average molecular weight is 200 g/mol. The molecule has 0 bridgehead atoms. The van der Waals surface area contributed by atoms with E-state index in [1.165, 1.54) is 44.1 Å². The van der Waals surface area contributed by atoms with Gasteiger partial charge in [-0.1, -0.05) is 50.1 Å². The molecular formula is C15H20. The van der Waals surface area contributed by atoms with Gasteiger partial charge in [0.05, 0.1) is 0 Å². The number of hydrogen-bond donors (Lipinski definition) is 0. The molecule has 0 amide bonds. The SMILES string of the molecule is CCCCCc1cccc2c1C=CCC2. The zero-order chi connectivity index (χ0) is 10.5. The number of allylic oxidation sites excluding steroid dienone is 1. The van der Waals surface area contributed by atoms with Gasteiger partial charge in [-0.2, -0.15) is 0 Å². The second-order valence-electron chi connectivity index (χ2n) is 4.39. The number of hydrogen-bond acceptors (Lipinski definition) is 0. The number of unbranched alkanes of at least 4 members (excludes halogenated alkanes) is 2. The summed E-state index contributed by atoms with van der Waals surface area (Å²) >= 11 is 0. The van der Waals surface area contributed by atoms with Gasteiger partial charge in [0.25, 0.3) is 0 Å². The van der Waals surface area contributed by atoms with Crippen LogP contribution in [0.3, 0.4) is 0 Å². The fraction of sp³-hybridized carbons (Fsp3) is 0.467. The van der Waals surface area contributed by atoms with Crippen LogP contribution in [0.1, 0.15) is 49.3 Å². The molecule has 0 N–H and O–H groups in total. The van der Waals surface area contributed by atoms with Crippen molar-refractivity contribution in [1.82, 2.24) is 0 Å². The molecule has 15 heavy (non-hydrogen) atoms. The van der Waals surface area contributed by atoms with Crippen LogP contribution in [0.4, 0.5) is 0 Å². The van der Waals surface area contributed by atoms with Gasteiger partial charge in [-0.05, 0) is 42.4 Å². The summed E-state index contributed by atoms with van der Waals surface area (Å²) in [5, 5.41) is 0. The molecule has 0 heterocycles. The third kappa shape index (κ3) is 2.50. The van der Waals surface area contributed by atoms with Crippen LogP contribution in [-0.2, 0) is 12.8 Å². The van der Waals surface area contributed by atoms with Crippen LogP contribution >= 0.6 is 0 Å². The van der Waals surface area contributed by atoms with E-state index >= 15 is 0 Å². The van der Waals surface area contributed by atoms with Crippen molar-refractivity contribution >= 4 is 6.08 Å². The van der Waals surface area contributed by atoms with E-state index < -0.39 is 0 Å². The highest BCUT2D eigenvalue weighted by Gasteiger charge is 2.07. The van der Waals surface area contributed by atoms with Gasteiger partial charge in [-0.15, -0.1) is 0 Å². The molecule has 0 atom stereocenters. The zero-order valence-corrected chi connectivity index (χ0v) is 9.63. The van der Waals surface area contributed by atoms with Gasteiger partial charge in [-0.3, -0.25) is 0 Å². The third-order valence-electron chi connectivity index (χ3n) is 3.20. The van der Waals surface area contributed by atoms with Gasteiger partial charge in [0.2, 0.25) is 0 Å². The Kier molecular flexibility index (Phi) is 3.60. The molecule has 80 valence electrons. The van der Waals surface area contributed by atoms with E-state index in [9.17, 15) is 0 Å². The van der Waals surface area contributed by atoms with Gasteiger partial charge < -0.3 is 0 Å². The Morgan fingerprint density at radius 2 is 2.13 bits per heavy atom. The maximum Gasteiger partial charge on any atom is -0.0195 e. The van der Waals surface area contributed by atoms with Crippen molar-refractivity contribution in [1.29, 1.82) is 0 Å². The molecule has 1 aliphatic rings. The van der Waals surface area contributed by atoms with Crippen molar-refractivity contribution < 1.29 is 0 Å². The highest BCUT2D eigenvalue weighted by Crippen LogP contribution is 2.24. The summed E-state index contributed by atoms with van der Waals surface area (Å²) in [6.07, 6.45) is 12.3.